The van der Waals surface area contributed by atoms with Crippen LogP contribution in [0.15, 0.2) is 36.7 Å². The number of methoxy groups -OCH3 is 1. The molecule has 2 rings (SSSR count). The Morgan fingerprint density at radius 1 is 1.15 bits per heavy atom. The van der Waals surface area contributed by atoms with Crippen LogP contribution in [-0.2, 0) is 4.74 Å². The van der Waals surface area contributed by atoms with Crippen LogP contribution in [0.3, 0.4) is 0 Å². The fourth-order valence-corrected chi connectivity index (χ4v) is 1.70. The van der Waals surface area contributed by atoms with E-state index in [1.807, 2.05) is 30.3 Å². The van der Waals surface area contributed by atoms with Crippen molar-refractivity contribution in [3.05, 3.63) is 36.7 Å². The van der Waals surface area contributed by atoms with Gasteiger partial charge in [-0.25, -0.2) is 4.68 Å². The number of hydrogen-bond donors (Lipinski definition) is 1. The van der Waals surface area contributed by atoms with Crippen LogP contribution in [0.4, 0.5) is 0 Å². The lowest BCUT2D eigenvalue weighted by Gasteiger charge is -2.04. The van der Waals surface area contributed by atoms with E-state index in [0.29, 0.717) is 12.6 Å². The Kier molecular flexibility index (Phi) is 6.01. The molecule has 0 bridgehead atoms. The van der Waals surface area contributed by atoms with E-state index >= 15 is 0 Å². The van der Waals surface area contributed by atoms with Gasteiger partial charge in [0.2, 0.25) is 0 Å². The highest BCUT2D eigenvalue weighted by atomic mass is 16.5. The number of ether oxygens (including phenoxy) is 2. The molecule has 1 aromatic carbocycles. The summed E-state index contributed by atoms with van der Waals surface area (Å²) < 4.78 is 12.1. The fraction of sp³-hybridized carbons (Fsp3) is 0.429. The number of para-hydroxylation sites is 1. The molecule has 0 aliphatic rings. The van der Waals surface area contributed by atoms with Crippen LogP contribution in [0.5, 0.6) is 6.01 Å². The molecule has 20 heavy (non-hydrogen) atoms. The van der Waals surface area contributed by atoms with Crippen molar-refractivity contribution in [2.45, 2.75) is 6.42 Å². The predicted octanol–water partition coefficient (Wildman–Crippen LogP) is 1.27. The fourth-order valence-electron chi connectivity index (χ4n) is 1.70. The van der Waals surface area contributed by atoms with Crippen molar-refractivity contribution in [1.82, 2.24) is 20.1 Å². The maximum atomic E-state index is 5.48. The highest BCUT2D eigenvalue weighted by Crippen LogP contribution is 2.07. The molecule has 0 spiro atoms. The lowest BCUT2D eigenvalue weighted by atomic mass is 10.3. The van der Waals surface area contributed by atoms with Gasteiger partial charge in [0.1, 0.15) is 12.9 Å². The minimum absolute atomic E-state index is 0.396. The number of nitrogens with one attached hydrogen (secondary N) is 1. The molecular weight excluding hydrogens is 256 g/mol. The Morgan fingerprint density at radius 2 is 2.00 bits per heavy atom. The third-order valence-corrected chi connectivity index (χ3v) is 2.70. The van der Waals surface area contributed by atoms with Crippen LogP contribution in [0.25, 0.3) is 5.69 Å². The molecule has 0 amide bonds. The van der Waals surface area contributed by atoms with Crippen molar-refractivity contribution < 1.29 is 9.47 Å². The maximum absolute atomic E-state index is 5.48. The van der Waals surface area contributed by atoms with Gasteiger partial charge in [0, 0.05) is 20.3 Å². The minimum atomic E-state index is 0.396. The molecule has 6 heteroatoms. The normalized spacial score (nSPS) is 10.7. The second-order valence-corrected chi connectivity index (χ2v) is 4.25. The molecule has 0 atom stereocenters. The number of hydrogen-bond acceptors (Lipinski definition) is 5. The molecule has 0 saturated carbocycles. The van der Waals surface area contributed by atoms with Crippen LogP contribution >= 0.6 is 0 Å². The van der Waals surface area contributed by atoms with Crippen LogP contribution in [0.2, 0.25) is 0 Å². The molecule has 0 aliphatic heterocycles. The Labute approximate surface area is 118 Å². The van der Waals surface area contributed by atoms with Crippen LogP contribution < -0.4 is 10.1 Å². The molecule has 0 aliphatic carbocycles. The summed E-state index contributed by atoms with van der Waals surface area (Å²) in [4.78, 5) is 4.12. The van der Waals surface area contributed by atoms with Crippen LogP contribution in [0, 0.1) is 0 Å². The lowest BCUT2D eigenvalue weighted by molar-refractivity contribution is 0.193. The van der Waals surface area contributed by atoms with Gasteiger partial charge in [-0.1, -0.05) is 18.2 Å². The topological polar surface area (TPSA) is 61.2 Å². The quantitative estimate of drug-likeness (QED) is 0.699. The van der Waals surface area contributed by atoms with Crippen molar-refractivity contribution >= 4 is 0 Å². The summed E-state index contributed by atoms with van der Waals surface area (Å²) in [6.45, 7) is 3.01. The van der Waals surface area contributed by atoms with Crippen molar-refractivity contribution in [2.24, 2.45) is 0 Å². The Morgan fingerprint density at radius 3 is 2.80 bits per heavy atom. The van der Waals surface area contributed by atoms with E-state index in [1.54, 1.807) is 18.1 Å². The lowest BCUT2D eigenvalue weighted by Crippen LogP contribution is -2.23. The second kappa shape index (κ2) is 8.29. The maximum Gasteiger partial charge on any atom is 0.335 e. The van der Waals surface area contributed by atoms with Gasteiger partial charge >= 0.3 is 6.01 Å². The zero-order valence-electron chi connectivity index (χ0n) is 11.7. The summed E-state index contributed by atoms with van der Waals surface area (Å²) in [7, 11) is 1.71. The molecule has 1 heterocycles. The molecule has 2 aromatic rings. The van der Waals surface area contributed by atoms with Gasteiger partial charge in [-0.2, -0.15) is 4.98 Å². The second-order valence-electron chi connectivity index (χ2n) is 4.25. The Balaban J connectivity index is 1.69. The molecule has 0 saturated heterocycles. The zero-order valence-corrected chi connectivity index (χ0v) is 11.7. The number of aromatic nitrogens is 3. The highest BCUT2D eigenvalue weighted by molar-refractivity contribution is 5.29. The molecule has 1 N–H and O–H groups in total. The number of benzene rings is 1. The van der Waals surface area contributed by atoms with E-state index in [9.17, 15) is 0 Å². The molecule has 0 radical (unpaired) electrons. The first-order valence-corrected chi connectivity index (χ1v) is 6.69. The SMILES string of the molecule is COCCCNCCOc1ncn(-c2ccccc2)n1. The summed E-state index contributed by atoms with van der Waals surface area (Å²) in [6.07, 6.45) is 2.65. The molecular formula is C14H20N4O2. The molecule has 0 unspecified atom stereocenters. The Bertz CT molecular complexity index is 487. The van der Waals surface area contributed by atoms with E-state index in [1.165, 1.54) is 0 Å². The van der Waals surface area contributed by atoms with E-state index < -0.39 is 0 Å². The summed E-state index contributed by atoms with van der Waals surface area (Å²) in [5.74, 6) is 0. The average molecular weight is 276 g/mol. The van der Waals surface area contributed by atoms with E-state index in [2.05, 4.69) is 15.4 Å². The van der Waals surface area contributed by atoms with Crippen molar-refractivity contribution in [2.75, 3.05) is 33.4 Å². The predicted molar refractivity (Wildman–Crippen MR) is 76.2 cm³/mol. The first kappa shape index (κ1) is 14.5. The third kappa shape index (κ3) is 4.64. The van der Waals surface area contributed by atoms with E-state index in [0.717, 1.165) is 31.8 Å². The summed E-state index contributed by atoms with van der Waals surface area (Å²) in [5.41, 5.74) is 0.965. The standard InChI is InChI=1S/C14H20N4O2/c1-19-10-5-8-15-9-11-20-14-16-12-18(17-14)13-6-3-2-4-7-13/h2-4,6-7,12,15H,5,8-11H2,1H3. The first-order chi connectivity index (χ1) is 9.90. The van der Waals surface area contributed by atoms with Crippen molar-refractivity contribution in [3.8, 4) is 11.7 Å². The zero-order chi connectivity index (χ0) is 14.0. The smallest absolute Gasteiger partial charge is 0.335 e. The number of rotatable bonds is 9. The van der Waals surface area contributed by atoms with Crippen molar-refractivity contribution in [3.63, 3.8) is 0 Å². The minimum Gasteiger partial charge on any atom is -0.461 e. The van der Waals surface area contributed by atoms with E-state index in [-0.39, 0.29) is 0 Å². The monoisotopic (exact) mass is 276 g/mol. The molecule has 6 nitrogen and oxygen atoms in total. The summed E-state index contributed by atoms with van der Waals surface area (Å²) >= 11 is 0. The van der Waals surface area contributed by atoms with Gasteiger partial charge in [-0.15, -0.1) is 5.10 Å². The van der Waals surface area contributed by atoms with Gasteiger partial charge in [-0.3, -0.25) is 0 Å². The molecule has 108 valence electrons. The highest BCUT2D eigenvalue weighted by Gasteiger charge is 2.02. The Hall–Kier alpha value is -1.92. The van der Waals surface area contributed by atoms with Gasteiger partial charge in [0.25, 0.3) is 0 Å². The van der Waals surface area contributed by atoms with Gasteiger partial charge in [0.15, 0.2) is 0 Å². The first-order valence-electron chi connectivity index (χ1n) is 6.69. The van der Waals surface area contributed by atoms with Crippen LogP contribution in [-0.4, -0.2) is 48.2 Å². The third-order valence-electron chi connectivity index (χ3n) is 2.70. The van der Waals surface area contributed by atoms with Gasteiger partial charge in [0.05, 0.1) is 5.69 Å². The number of nitrogens with zero attached hydrogens (tertiary/aromatic N) is 3. The van der Waals surface area contributed by atoms with Crippen molar-refractivity contribution in [1.29, 1.82) is 0 Å². The summed E-state index contributed by atoms with van der Waals surface area (Å²) in [5, 5.41) is 7.52. The van der Waals surface area contributed by atoms with Crippen LogP contribution in [0.1, 0.15) is 6.42 Å². The van der Waals surface area contributed by atoms with Gasteiger partial charge in [-0.05, 0) is 25.1 Å². The average Bonchev–Trinajstić information content (AvgIpc) is 2.96. The van der Waals surface area contributed by atoms with E-state index in [4.69, 9.17) is 9.47 Å². The largest absolute Gasteiger partial charge is 0.461 e. The summed E-state index contributed by atoms with van der Waals surface area (Å²) in [6, 6.07) is 10.2. The molecule has 1 aromatic heterocycles. The van der Waals surface area contributed by atoms with Gasteiger partial charge < -0.3 is 14.8 Å². The molecule has 0 fully saturated rings.